The number of hydrogen-bond donors (Lipinski definition) is 6. The van der Waals surface area contributed by atoms with Gasteiger partial charge in [0.05, 0.1) is 30.1 Å². The number of nitrogens with one attached hydrogen (secondary N) is 1. The molecule has 0 bridgehead atoms. The van der Waals surface area contributed by atoms with E-state index in [-0.39, 0.29) is 53.7 Å². The third-order valence-electron chi connectivity index (χ3n) is 20.0. The van der Waals surface area contributed by atoms with E-state index >= 15 is 0 Å². The van der Waals surface area contributed by atoms with Gasteiger partial charge in [-0.2, -0.15) is 0 Å². The van der Waals surface area contributed by atoms with E-state index in [1.165, 1.54) is 38.5 Å². The summed E-state index contributed by atoms with van der Waals surface area (Å²) in [6.07, 6.45) is 18.3. The molecule has 6 aliphatic carbocycles. The van der Waals surface area contributed by atoms with Crippen LogP contribution in [0.2, 0.25) is 0 Å². The van der Waals surface area contributed by atoms with E-state index in [1.807, 2.05) is 13.8 Å². The minimum atomic E-state index is -1.30. The minimum Gasteiger partial charge on any atom is -0.396 e. The maximum absolute atomic E-state index is 14.8. The van der Waals surface area contributed by atoms with Gasteiger partial charge >= 0.3 is 0 Å². The molecular weight excluding hydrogens is 729 g/mol. The van der Waals surface area contributed by atoms with E-state index in [0.29, 0.717) is 37.2 Å². The molecule has 328 valence electrons. The van der Waals surface area contributed by atoms with Crippen molar-refractivity contribution in [2.75, 3.05) is 19.8 Å². The van der Waals surface area contributed by atoms with Gasteiger partial charge in [-0.3, -0.25) is 4.79 Å². The average Bonchev–Trinajstić information content (AvgIpc) is 3.99. The molecule has 9 nitrogen and oxygen atoms in total. The summed E-state index contributed by atoms with van der Waals surface area (Å²) in [4.78, 5) is 14.8. The Hall–Kier alpha value is -0.910. The maximum atomic E-state index is 14.8. The first kappa shape index (κ1) is 42.4. The fraction of sp³-hybridized carbons (Fsp3) is 0.939. The average molecular weight is 809 g/mol. The quantitative estimate of drug-likeness (QED) is 0.121. The second kappa shape index (κ2) is 15.1. The van der Waals surface area contributed by atoms with Crippen LogP contribution in [0.15, 0.2) is 11.1 Å². The SMILES string of the molecule is C[C@@H]1CCO[C@@]([C@@H]2O[C@@H]2[C@](C)(O)[C@](C)(CO)CCC2CCNC(N)C2)([C@@H]2C[C@H]3CCC4=C5C([C@H](CCC6CCCCC6)C[C@@]2(C)[C@]53O)[C@]2(C)CC[C@H](O)C[C@H]2C4=O)C1. The van der Waals surface area contributed by atoms with Crippen LogP contribution in [0.3, 0.4) is 0 Å². The van der Waals surface area contributed by atoms with Gasteiger partial charge < -0.3 is 41.0 Å². The lowest BCUT2D eigenvalue weighted by atomic mass is 9.40. The van der Waals surface area contributed by atoms with Crippen LogP contribution in [-0.4, -0.2) is 87.2 Å². The molecule has 3 aliphatic heterocycles. The number of piperidine rings is 1. The highest BCUT2D eigenvalue weighted by Crippen LogP contribution is 2.76. The Morgan fingerprint density at radius 3 is 2.45 bits per heavy atom. The lowest BCUT2D eigenvalue weighted by molar-refractivity contribution is -0.206. The van der Waals surface area contributed by atoms with Gasteiger partial charge in [-0.25, -0.2) is 0 Å². The van der Waals surface area contributed by atoms with Crippen LogP contribution >= 0.6 is 0 Å². The highest BCUT2D eigenvalue weighted by atomic mass is 16.6. The molecule has 17 atom stereocenters. The summed E-state index contributed by atoms with van der Waals surface area (Å²) >= 11 is 0. The Bertz CT molecular complexity index is 1600. The topological polar surface area (TPSA) is 158 Å². The molecule has 58 heavy (non-hydrogen) atoms. The van der Waals surface area contributed by atoms with Crippen molar-refractivity contribution in [1.29, 1.82) is 0 Å². The predicted molar refractivity (Wildman–Crippen MR) is 224 cm³/mol. The van der Waals surface area contributed by atoms with E-state index in [2.05, 4.69) is 26.1 Å². The highest BCUT2D eigenvalue weighted by molar-refractivity contribution is 6.00. The summed E-state index contributed by atoms with van der Waals surface area (Å²) in [5, 5.41) is 52.1. The van der Waals surface area contributed by atoms with Gasteiger partial charge in [-0.15, -0.1) is 0 Å². The van der Waals surface area contributed by atoms with Crippen molar-refractivity contribution in [3.63, 3.8) is 0 Å². The van der Waals surface area contributed by atoms with Crippen LogP contribution < -0.4 is 11.1 Å². The van der Waals surface area contributed by atoms with E-state index in [0.717, 1.165) is 101 Å². The Kier molecular flexibility index (Phi) is 11.1. The zero-order valence-electron chi connectivity index (χ0n) is 36.8. The number of nitrogens with two attached hydrogens (primary N) is 1. The number of ketones is 1. The molecule has 7 N–H and O–H groups in total. The molecule has 9 heteroatoms. The van der Waals surface area contributed by atoms with Gasteiger partial charge in [0.15, 0.2) is 5.78 Å². The first-order valence-corrected chi connectivity index (χ1v) is 24.3. The number of carbonyl (C=O) groups excluding carboxylic acids is 1. The van der Waals surface area contributed by atoms with Crippen molar-refractivity contribution >= 4 is 5.78 Å². The summed E-state index contributed by atoms with van der Waals surface area (Å²) in [6, 6.07) is 0. The molecule has 0 aromatic rings. The van der Waals surface area contributed by atoms with Gasteiger partial charge in [0, 0.05) is 23.4 Å². The second-order valence-electron chi connectivity index (χ2n) is 23.2. The maximum Gasteiger partial charge on any atom is 0.162 e. The molecule has 0 amide bonds. The molecule has 9 aliphatic rings. The Balaban J connectivity index is 1.09. The molecule has 0 radical (unpaired) electrons. The normalized spacial score (nSPS) is 50.1. The van der Waals surface area contributed by atoms with Crippen LogP contribution in [-0.2, 0) is 14.3 Å². The highest BCUT2D eigenvalue weighted by Gasteiger charge is 2.79. The van der Waals surface area contributed by atoms with Gasteiger partial charge in [0.25, 0.3) is 0 Å². The summed E-state index contributed by atoms with van der Waals surface area (Å²) < 4.78 is 14.1. The summed E-state index contributed by atoms with van der Waals surface area (Å²) in [6.45, 7) is 12.4. The van der Waals surface area contributed by atoms with Crippen LogP contribution in [0.25, 0.3) is 0 Å². The lowest BCUT2D eigenvalue weighted by Gasteiger charge is -2.66. The lowest BCUT2D eigenvalue weighted by Crippen LogP contribution is -2.67. The van der Waals surface area contributed by atoms with E-state index in [1.54, 1.807) is 0 Å². The van der Waals surface area contributed by atoms with Gasteiger partial charge in [0.1, 0.15) is 17.8 Å². The molecule has 0 aromatic heterocycles. The summed E-state index contributed by atoms with van der Waals surface area (Å²) in [5.41, 5.74) is 3.58. The molecule has 0 spiro atoms. The number of hydrogen-bond acceptors (Lipinski definition) is 9. The van der Waals surface area contributed by atoms with Gasteiger partial charge in [-0.05, 0) is 161 Å². The number of aliphatic hydroxyl groups excluding tert-OH is 2. The summed E-state index contributed by atoms with van der Waals surface area (Å²) in [5.74, 6) is 2.14. The first-order chi connectivity index (χ1) is 27.5. The van der Waals surface area contributed by atoms with Crippen LogP contribution in [0.4, 0.5) is 0 Å². The van der Waals surface area contributed by atoms with Crippen molar-refractivity contribution in [3.8, 4) is 0 Å². The Labute approximate surface area is 349 Å². The fourth-order valence-electron chi connectivity index (χ4n) is 16.3. The van der Waals surface area contributed by atoms with E-state index in [4.69, 9.17) is 15.2 Å². The number of fused-ring (bicyclic) bond motifs is 2. The zero-order valence-corrected chi connectivity index (χ0v) is 36.8. The second-order valence-corrected chi connectivity index (χ2v) is 23.2. The molecule has 3 saturated heterocycles. The predicted octanol–water partition coefficient (Wildman–Crippen LogP) is 6.96. The number of rotatable bonds is 11. The molecule has 0 aromatic carbocycles. The third-order valence-corrected chi connectivity index (χ3v) is 20.0. The molecule has 4 saturated carbocycles. The van der Waals surface area contributed by atoms with Gasteiger partial charge in [-0.1, -0.05) is 66.2 Å². The Morgan fingerprint density at radius 1 is 0.948 bits per heavy atom. The number of Topliss-reactive ketones (excluding diaryl/α,β-unsaturated/α-hetero) is 1. The smallest absolute Gasteiger partial charge is 0.162 e. The molecule has 9 rings (SSSR count). The van der Waals surface area contributed by atoms with Crippen molar-refractivity contribution in [3.05, 3.63) is 11.1 Å². The van der Waals surface area contributed by atoms with Crippen LogP contribution in [0, 0.1) is 63.6 Å². The zero-order chi connectivity index (χ0) is 41.0. The molecular formula is C49H80N2O7. The number of ether oxygens (including phenoxy) is 2. The number of aliphatic hydroxyl groups is 4. The molecule has 3 unspecified atom stereocenters. The van der Waals surface area contributed by atoms with Crippen molar-refractivity contribution in [2.45, 2.75) is 204 Å². The standard InChI is InChI=1S/C49H80N2O7/c1-29-18-22-57-48(26-29,43-42(58-43)47(5,55)44(2,28-52)19-15-31-17-21-51-38(50)23-31)37-24-33-13-14-35-40-39(45(3)20-16-34(53)25-36(45)41(35)54)32(27-46(37,4)49(33,40)56)12-11-30-9-7-6-8-10-30/h29-34,36-39,42-43,51-53,55-56H,6-28,50H2,1-5H3/t29-,31?,32-,33-,34+,36+,37-,38?,39?,42+,43-,44+,45-,46-,47+,48-,49-/m1/s1. The monoisotopic (exact) mass is 809 g/mol. The van der Waals surface area contributed by atoms with Crippen molar-refractivity contribution in [1.82, 2.24) is 5.32 Å². The first-order valence-electron chi connectivity index (χ1n) is 24.3. The van der Waals surface area contributed by atoms with E-state index < -0.39 is 39.8 Å². The number of allylic oxidation sites excluding steroid dienone is 1. The number of carbonyl (C=O) groups is 1. The van der Waals surface area contributed by atoms with Crippen molar-refractivity contribution in [2.24, 2.45) is 69.3 Å². The van der Waals surface area contributed by atoms with Crippen molar-refractivity contribution < 1.29 is 34.7 Å². The van der Waals surface area contributed by atoms with Crippen LogP contribution in [0.5, 0.6) is 0 Å². The minimum absolute atomic E-state index is 0.00674. The van der Waals surface area contributed by atoms with Crippen LogP contribution in [0.1, 0.15) is 163 Å². The summed E-state index contributed by atoms with van der Waals surface area (Å²) in [7, 11) is 0. The third kappa shape index (κ3) is 6.37. The Morgan fingerprint density at radius 2 is 1.72 bits per heavy atom. The number of epoxide rings is 1. The molecule has 3 heterocycles. The van der Waals surface area contributed by atoms with Gasteiger partial charge in [0.2, 0.25) is 0 Å². The largest absolute Gasteiger partial charge is 0.396 e. The fourth-order valence-corrected chi connectivity index (χ4v) is 16.3. The van der Waals surface area contributed by atoms with E-state index in [9.17, 15) is 25.2 Å². The molecule has 7 fully saturated rings.